The lowest BCUT2D eigenvalue weighted by Gasteiger charge is -1.98. The van der Waals surface area contributed by atoms with Crippen molar-refractivity contribution in [1.82, 2.24) is 0 Å². The predicted molar refractivity (Wildman–Crippen MR) is 64.7 cm³/mol. The molecule has 0 atom stereocenters. The molecule has 5 heteroatoms. The van der Waals surface area contributed by atoms with E-state index < -0.39 is 11.6 Å². The van der Waals surface area contributed by atoms with E-state index in [2.05, 4.69) is 0 Å². The molecular weight excluding hydrogens is 266 g/mol. The van der Waals surface area contributed by atoms with Crippen molar-refractivity contribution in [2.45, 2.75) is 0 Å². The van der Waals surface area contributed by atoms with Crippen molar-refractivity contribution in [3.63, 3.8) is 0 Å². The number of rotatable bonds is 3. The summed E-state index contributed by atoms with van der Waals surface area (Å²) in [5.74, 6) is -2.05. The SMILES string of the molecule is O=C(CCl)c1ccc(-c2ccc(F)c(F)c2)s1. The maximum atomic E-state index is 13.0. The largest absolute Gasteiger partial charge is 0.292 e. The molecule has 0 radical (unpaired) electrons. The zero-order valence-corrected chi connectivity index (χ0v) is 10.1. The highest BCUT2D eigenvalue weighted by Crippen LogP contribution is 2.29. The number of hydrogen-bond donors (Lipinski definition) is 0. The van der Waals surface area contributed by atoms with Crippen LogP contribution in [0, 0.1) is 11.6 Å². The van der Waals surface area contributed by atoms with Crippen molar-refractivity contribution in [3.05, 3.63) is 46.8 Å². The van der Waals surface area contributed by atoms with Crippen molar-refractivity contribution in [2.75, 3.05) is 5.88 Å². The second kappa shape index (κ2) is 4.94. The van der Waals surface area contributed by atoms with Crippen LogP contribution in [0.3, 0.4) is 0 Å². The van der Waals surface area contributed by atoms with Crippen LogP contribution in [-0.2, 0) is 0 Å². The Labute approximate surface area is 106 Å². The lowest BCUT2D eigenvalue weighted by Crippen LogP contribution is -1.95. The van der Waals surface area contributed by atoms with Crippen molar-refractivity contribution < 1.29 is 13.6 Å². The number of benzene rings is 1. The zero-order valence-electron chi connectivity index (χ0n) is 8.54. The molecule has 88 valence electrons. The summed E-state index contributed by atoms with van der Waals surface area (Å²) in [5.41, 5.74) is 0.544. The molecule has 1 heterocycles. The van der Waals surface area contributed by atoms with Crippen LogP contribution in [0.15, 0.2) is 30.3 Å². The van der Waals surface area contributed by atoms with Gasteiger partial charge in [-0.3, -0.25) is 4.79 Å². The summed E-state index contributed by atoms with van der Waals surface area (Å²) in [7, 11) is 0. The molecule has 1 aromatic heterocycles. The van der Waals surface area contributed by atoms with Gasteiger partial charge in [0.1, 0.15) is 0 Å². The molecule has 0 amide bonds. The van der Waals surface area contributed by atoms with Crippen molar-refractivity contribution in [3.8, 4) is 10.4 Å². The van der Waals surface area contributed by atoms with Crippen molar-refractivity contribution in [1.29, 1.82) is 0 Å². The Morgan fingerprint density at radius 3 is 2.59 bits per heavy atom. The first-order valence-electron chi connectivity index (χ1n) is 4.76. The Morgan fingerprint density at radius 1 is 1.18 bits per heavy atom. The highest BCUT2D eigenvalue weighted by molar-refractivity contribution is 7.17. The van der Waals surface area contributed by atoms with Gasteiger partial charge < -0.3 is 0 Å². The maximum absolute atomic E-state index is 13.0. The fourth-order valence-corrected chi connectivity index (χ4v) is 2.52. The van der Waals surface area contributed by atoms with E-state index in [0.717, 1.165) is 12.1 Å². The lowest BCUT2D eigenvalue weighted by molar-refractivity contribution is 0.102. The van der Waals surface area contributed by atoms with Gasteiger partial charge in [0.05, 0.1) is 10.8 Å². The van der Waals surface area contributed by atoms with Crippen molar-refractivity contribution >= 4 is 28.7 Å². The van der Waals surface area contributed by atoms with E-state index in [9.17, 15) is 13.6 Å². The van der Waals surface area contributed by atoms with Gasteiger partial charge in [-0.05, 0) is 29.8 Å². The van der Waals surface area contributed by atoms with Crippen LogP contribution in [0.4, 0.5) is 8.78 Å². The summed E-state index contributed by atoms with van der Waals surface area (Å²) in [6, 6.07) is 6.96. The minimum Gasteiger partial charge on any atom is -0.292 e. The Kier molecular flexibility index (Phi) is 3.54. The van der Waals surface area contributed by atoms with Crippen LogP contribution in [0.5, 0.6) is 0 Å². The molecule has 2 rings (SSSR count). The molecule has 0 fully saturated rings. The lowest BCUT2D eigenvalue weighted by atomic mass is 10.2. The number of alkyl halides is 1. The molecule has 1 nitrogen and oxygen atoms in total. The van der Waals surface area contributed by atoms with E-state index in [4.69, 9.17) is 11.6 Å². The van der Waals surface area contributed by atoms with Gasteiger partial charge in [-0.15, -0.1) is 22.9 Å². The van der Waals surface area contributed by atoms with E-state index in [-0.39, 0.29) is 11.7 Å². The third kappa shape index (κ3) is 2.53. The zero-order chi connectivity index (χ0) is 12.4. The number of thiophene rings is 1. The quantitative estimate of drug-likeness (QED) is 0.607. The van der Waals surface area contributed by atoms with Gasteiger partial charge in [-0.2, -0.15) is 0 Å². The van der Waals surface area contributed by atoms with E-state index in [0.29, 0.717) is 15.3 Å². The summed E-state index contributed by atoms with van der Waals surface area (Å²) >= 11 is 6.65. The maximum Gasteiger partial charge on any atom is 0.187 e. The topological polar surface area (TPSA) is 17.1 Å². The molecular formula is C12H7ClF2OS. The molecule has 17 heavy (non-hydrogen) atoms. The van der Waals surface area contributed by atoms with E-state index in [1.807, 2.05) is 0 Å². The summed E-state index contributed by atoms with van der Waals surface area (Å²) in [5, 5.41) is 0. The smallest absolute Gasteiger partial charge is 0.187 e. The summed E-state index contributed by atoms with van der Waals surface area (Å²) < 4.78 is 25.8. The molecule has 0 unspecified atom stereocenters. The average molecular weight is 273 g/mol. The molecule has 0 aliphatic heterocycles. The van der Waals surface area contributed by atoms with Gasteiger partial charge in [0, 0.05) is 4.88 Å². The molecule has 0 bridgehead atoms. The minimum atomic E-state index is -0.902. The van der Waals surface area contributed by atoms with E-state index >= 15 is 0 Å². The van der Waals surface area contributed by atoms with Gasteiger partial charge in [0.15, 0.2) is 17.4 Å². The van der Waals surface area contributed by atoms with Crippen molar-refractivity contribution in [2.24, 2.45) is 0 Å². The average Bonchev–Trinajstić information content (AvgIpc) is 2.81. The van der Waals surface area contributed by atoms with Gasteiger partial charge >= 0.3 is 0 Å². The highest BCUT2D eigenvalue weighted by atomic mass is 35.5. The number of hydrogen-bond acceptors (Lipinski definition) is 2. The molecule has 0 saturated heterocycles. The molecule has 2 aromatic rings. The summed E-state index contributed by atoms with van der Waals surface area (Å²) in [6.07, 6.45) is 0. The van der Waals surface area contributed by atoms with Crippen LogP contribution in [0.2, 0.25) is 0 Å². The standard InChI is InChI=1S/C12H7ClF2OS/c13-6-10(16)12-4-3-11(17-12)7-1-2-8(14)9(15)5-7/h1-5H,6H2. The number of halogens is 3. The fourth-order valence-electron chi connectivity index (χ4n) is 1.36. The first-order chi connectivity index (χ1) is 8.11. The van der Waals surface area contributed by atoms with Gasteiger partial charge in [0.2, 0.25) is 0 Å². The van der Waals surface area contributed by atoms with Crippen LogP contribution >= 0.6 is 22.9 Å². The fraction of sp³-hybridized carbons (Fsp3) is 0.0833. The molecule has 0 saturated carbocycles. The molecule has 0 aliphatic rings. The number of ketones is 1. The first-order valence-corrected chi connectivity index (χ1v) is 6.11. The Bertz CT molecular complexity index is 565. The normalized spacial score (nSPS) is 10.5. The Balaban J connectivity index is 2.37. The Morgan fingerprint density at radius 2 is 1.94 bits per heavy atom. The van der Waals surface area contributed by atoms with Gasteiger partial charge in [-0.25, -0.2) is 8.78 Å². The second-order valence-electron chi connectivity index (χ2n) is 3.35. The Hall–Kier alpha value is -1.26. The summed E-state index contributed by atoms with van der Waals surface area (Å²) in [6.45, 7) is 0. The van der Waals surface area contributed by atoms with Crippen LogP contribution in [0.25, 0.3) is 10.4 Å². The van der Waals surface area contributed by atoms with Gasteiger partial charge in [0.25, 0.3) is 0 Å². The van der Waals surface area contributed by atoms with Gasteiger partial charge in [-0.1, -0.05) is 6.07 Å². The monoisotopic (exact) mass is 272 g/mol. The third-order valence-corrected chi connectivity index (χ3v) is 3.62. The molecule has 0 aliphatic carbocycles. The van der Waals surface area contributed by atoms with Crippen LogP contribution in [-0.4, -0.2) is 11.7 Å². The predicted octanol–water partition coefficient (Wildman–Crippen LogP) is 4.11. The second-order valence-corrected chi connectivity index (χ2v) is 4.70. The van der Waals surface area contributed by atoms with E-state index in [1.54, 1.807) is 12.1 Å². The third-order valence-electron chi connectivity index (χ3n) is 2.21. The summed E-state index contributed by atoms with van der Waals surface area (Å²) in [4.78, 5) is 12.5. The van der Waals surface area contributed by atoms with E-state index in [1.165, 1.54) is 17.4 Å². The molecule has 0 spiro atoms. The number of carbonyl (C=O) groups is 1. The molecule has 1 aromatic carbocycles. The highest BCUT2D eigenvalue weighted by Gasteiger charge is 2.10. The molecule has 0 N–H and O–H groups in total. The first kappa shape index (κ1) is 12.2. The van der Waals surface area contributed by atoms with Crippen LogP contribution < -0.4 is 0 Å². The van der Waals surface area contributed by atoms with Crippen LogP contribution in [0.1, 0.15) is 9.67 Å². The number of Topliss-reactive ketones (excluding diaryl/α,β-unsaturated/α-hetero) is 1. The number of carbonyl (C=O) groups excluding carboxylic acids is 1. The minimum absolute atomic E-state index is 0.0856.